The molecule has 0 radical (unpaired) electrons. The lowest BCUT2D eigenvalue weighted by Gasteiger charge is -2.34. The first-order valence-corrected chi connectivity index (χ1v) is 13.7. The van der Waals surface area contributed by atoms with E-state index < -0.39 is 29.2 Å². The molecule has 0 fully saturated rings. The van der Waals surface area contributed by atoms with Gasteiger partial charge in [0.1, 0.15) is 11.5 Å². The van der Waals surface area contributed by atoms with Crippen LogP contribution in [-0.4, -0.2) is 44.2 Å². The minimum atomic E-state index is -1.28. The maximum atomic E-state index is 12.2. The molecule has 2 amide bonds. The smallest absolute Gasteiger partial charge is 0.328 e. The van der Waals surface area contributed by atoms with E-state index in [-0.39, 0.29) is 22.9 Å². The van der Waals surface area contributed by atoms with Gasteiger partial charge >= 0.3 is 11.9 Å². The van der Waals surface area contributed by atoms with Crippen LogP contribution in [0, 0.1) is 6.92 Å². The highest BCUT2D eigenvalue weighted by molar-refractivity contribution is 6.03. The topological polar surface area (TPSA) is 173 Å². The summed E-state index contributed by atoms with van der Waals surface area (Å²) in [6, 6.07) is 25.0. The number of phenolic OH excluding ortho intramolecular Hbond substituents is 2. The lowest BCUT2D eigenvalue weighted by Crippen LogP contribution is -2.26. The Bertz CT molecular complexity index is 1830. The SMILES string of the molecule is Cc1c(NC(=O)/C=C/C(=O)O)ccc(C(C)(c2ccc(-c3ccccc3)cc2)c2ccc(NC(=O)/C=C/C(=O)O)cc2O)c1O. The molecule has 4 rings (SSSR count). The van der Waals surface area contributed by atoms with Crippen molar-refractivity contribution in [2.45, 2.75) is 19.3 Å². The summed E-state index contributed by atoms with van der Waals surface area (Å²) in [5.41, 5.74) is 3.03. The van der Waals surface area contributed by atoms with Gasteiger partial charge < -0.3 is 31.1 Å². The van der Waals surface area contributed by atoms with Crippen LogP contribution < -0.4 is 10.6 Å². The molecule has 0 aliphatic carbocycles. The summed E-state index contributed by atoms with van der Waals surface area (Å²) in [5, 5.41) is 45.4. The Balaban J connectivity index is 1.82. The zero-order valence-electron chi connectivity index (χ0n) is 24.3. The van der Waals surface area contributed by atoms with E-state index in [1.54, 1.807) is 31.2 Å². The second kappa shape index (κ2) is 13.4. The van der Waals surface area contributed by atoms with Crippen molar-refractivity contribution in [3.05, 3.63) is 131 Å². The minimum Gasteiger partial charge on any atom is -0.508 e. The largest absolute Gasteiger partial charge is 0.508 e. The normalized spacial score (nSPS) is 12.5. The number of aromatic hydroxyl groups is 2. The fourth-order valence-electron chi connectivity index (χ4n) is 5.01. The van der Waals surface area contributed by atoms with Crippen LogP contribution in [0.4, 0.5) is 11.4 Å². The van der Waals surface area contributed by atoms with Gasteiger partial charge in [-0.3, -0.25) is 9.59 Å². The van der Waals surface area contributed by atoms with Gasteiger partial charge in [0.15, 0.2) is 0 Å². The van der Waals surface area contributed by atoms with E-state index in [1.165, 1.54) is 6.07 Å². The molecule has 0 bridgehead atoms. The molecule has 1 unspecified atom stereocenters. The highest BCUT2D eigenvalue weighted by Crippen LogP contribution is 2.48. The highest BCUT2D eigenvalue weighted by Gasteiger charge is 2.37. The zero-order chi connectivity index (χ0) is 32.7. The minimum absolute atomic E-state index is 0.166. The third-order valence-electron chi connectivity index (χ3n) is 7.36. The van der Waals surface area contributed by atoms with Crippen molar-refractivity contribution in [2.75, 3.05) is 10.6 Å². The molecule has 0 aliphatic heterocycles. The van der Waals surface area contributed by atoms with E-state index in [4.69, 9.17) is 10.2 Å². The van der Waals surface area contributed by atoms with Crippen molar-refractivity contribution in [1.29, 1.82) is 0 Å². The summed E-state index contributed by atoms with van der Waals surface area (Å²) in [6.07, 6.45) is 3.11. The second-order valence-electron chi connectivity index (χ2n) is 10.3. The van der Waals surface area contributed by atoms with E-state index in [9.17, 15) is 29.4 Å². The van der Waals surface area contributed by atoms with Gasteiger partial charge in [0.05, 0.1) is 0 Å². The van der Waals surface area contributed by atoms with E-state index in [0.29, 0.717) is 34.4 Å². The zero-order valence-corrected chi connectivity index (χ0v) is 24.3. The van der Waals surface area contributed by atoms with Gasteiger partial charge in [0.2, 0.25) is 11.8 Å². The third kappa shape index (κ3) is 7.26. The second-order valence-corrected chi connectivity index (χ2v) is 10.3. The van der Waals surface area contributed by atoms with E-state index >= 15 is 0 Å². The first kappa shape index (κ1) is 31.8. The number of benzene rings is 4. The van der Waals surface area contributed by atoms with Crippen LogP contribution >= 0.6 is 0 Å². The van der Waals surface area contributed by atoms with Crippen LogP contribution in [0.2, 0.25) is 0 Å². The number of carbonyl (C=O) groups excluding carboxylic acids is 2. The molecule has 0 heterocycles. The molecule has 0 saturated carbocycles. The fraction of sp³-hybridized carbons (Fsp3) is 0.0857. The Morgan fingerprint density at radius 3 is 1.80 bits per heavy atom. The number of carboxylic acid groups (broad SMARTS) is 2. The predicted molar refractivity (Wildman–Crippen MR) is 169 cm³/mol. The molecule has 6 N–H and O–H groups in total. The number of rotatable bonds is 10. The van der Waals surface area contributed by atoms with Crippen molar-refractivity contribution in [1.82, 2.24) is 0 Å². The molecule has 4 aromatic rings. The Labute approximate surface area is 258 Å². The number of hydrogen-bond acceptors (Lipinski definition) is 6. The molecule has 45 heavy (non-hydrogen) atoms. The maximum Gasteiger partial charge on any atom is 0.328 e. The van der Waals surface area contributed by atoms with E-state index in [1.807, 2.05) is 61.5 Å². The summed E-state index contributed by atoms with van der Waals surface area (Å²) < 4.78 is 0. The highest BCUT2D eigenvalue weighted by atomic mass is 16.4. The standard InChI is InChI=1S/C35H30N2O8/c1-21-28(37-31(40)17-19-33(43)44)15-14-27(34(21)45)35(2,24-10-8-23(9-11-24)22-6-4-3-5-7-22)26-13-12-25(20-29(26)38)36-30(39)16-18-32(41)42/h3-20,38,45H,1-2H3,(H,36,39)(H,37,40)(H,41,42)(H,43,44)/b18-16+,19-17+. The lowest BCUT2D eigenvalue weighted by atomic mass is 9.69. The van der Waals surface area contributed by atoms with Crippen molar-refractivity contribution in [3.63, 3.8) is 0 Å². The monoisotopic (exact) mass is 606 g/mol. The molecule has 228 valence electrons. The molecule has 10 heteroatoms. The molecular weight excluding hydrogens is 576 g/mol. The van der Waals surface area contributed by atoms with Crippen LogP contribution in [0.1, 0.15) is 29.2 Å². The number of amides is 2. The quantitative estimate of drug-likeness (QED) is 0.100. The van der Waals surface area contributed by atoms with Gasteiger partial charge in [0, 0.05) is 63.9 Å². The molecule has 10 nitrogen and oxygen atoms in total. The average molecular weight is 607 g/mol. The number of anilines is 2. The first-order valence-electron chi connectivity index (χ1n) is 13.7. The van der Waals surface area contributed by atoms with Crippen molar-refractivity contribution >= 4 is 35.1 Å². The number of carbonyl (C=O) groups is 4. The summed E-state index contributed by atoms with van der Waals surface area (Å²) in [6.45, 7) is 3.41. The van der Waals surface area contributed by atoms with Gasteiger partial charge in [-0.1, -0.05) is 66.7 Å². The van der Waals surface area contributed by atoms with Crippen LogP contribution in [0.3, 0.4) is 0 Å². The Morgan fingerprint density at radius 2 is 1.22 bits per heavy atom. The molecule has 0 aromatic heterocycles. The molecular formula is C35H30N2O8. The number of nitrogens with one attached hydrogen (secondary N) is 2. The Kier molecular flexibility index (Phi) is 9.48. The molecule has 1 atom stereocenters. The van der Waals surface area contributed by atoms with E-state index in [2.05, 4.69) is 10.6 Å². The van der Waals surface area contributed by atoms with Crippen LogP contribution in [0.15, 0.2) is 109 Å². The van der Waals surface area contributed by atoms with Gasteiger partial charge in [0.25, 0.3) is 0 Å². The van der Waals surface area contributed by atoms with Gasteiger partial charge in [-0.2, -0.15) is 0 Å². The first-order chi connectivity index (χ1) is 21.4. The van der Waals surface area contributed by atoms with Crippen LogP contribution in [-0.2, 0) is 24.6 Å². The summed E-state index contributed by atoms with van der Waals surface area (Å²) in [7, 11) is 0. The van der Waals surface area contributed by atoms with Crippen LogP contribution in [0.25, 0.3) is 11.1 Å². The molecule has 4 aromatic carbocycles. The van der Waals surface area contributed by atoms with E-state index in [0.717, 1.165) is 23.3 Å². The molecule has 0 aliphatic rings. The van der Waals surface area contributed by atoms with Crippen molar-refractivity contribution < 1.29 is 39.6 Å². The fourth-order valence-corrected chi connectivity index (χ4v) is 5.01. The van der Waals surface area contributed by atoms with Crippen molar-refractivity contribution in [2.24, 2.45) is 0 Å². The Morgan fingerprint density at radius 1 is 0.667 bits per heavy atom. The van der Waals surface area contributed by atoms with Gasteiger partial charge in [-0.05, 0) is 42.7 Å². The maximum absolute atomic E-state index is 12.2. The number of hydrogen-bond donors (Lipinski definition) is 6. The van der Waals surface area contributed by atoms with Gasteiger partial charge in [-0.15, -0.1) is 0 Å². The van der Waals surface area contributed by atoms with Crippen molar-refractivity contribution in [3.8, 4) is 22.6 Å². The molecule has 0 saturated heterocycles. The predicted octanol–water partition coefficient (Wildman–Crippen LogP) is 5.59. The summed E-state index contributed by atoms with van der Waals surface area (Å²) in [5.74, 6) is -4.34. The van der Waals surface area contributed by atoms with Gasteiger partial charge in [-0.25, -0.2) is 9.59 Å². The number of aliphatic carboxylic acids is 2. The summed E-state index contributed by atoms with van der Waals surface area (Å²) >= 11 is 0. The number of phenols is 2. The Hall–Kier alpha value is -6.16. The van der Waals surface area contributed by atoms with Crippen LogP contribution in [0.5, 0.6) is 11.5 Å². The lowest BCUT2D eigenvalue weighted by molar-refractivity contribution is -0.132. The summed E-state index contributed by atoms with van der Waals surface area (Å²) in [4.78, 5) is 45.9. The number of carboxylic acids is 2. The molecule has 0 spiro atoms. The third-order valence-corrected chi connectivity index (χ3v) is 7.36. The average Bonchev–Trinajstić information content (AvgIpc) is 3.01.